The van der Waals surface area contributed by atoms with E-state index in [4.69, 9.17) is 0 Å². The first-order chi connectivity index (χ1) is 15.8. The monoisotopic (exact) mass is 491 g/mol. The summed E-state index contributed by atoms with van der Waals surface area (Å²) in [5, 5.41) is 3.36. The zero-order valence-corrected chi connectivity index (χ0v) is 19.1. The van der Waals surface area contributed by atoms with Gasteiger partial charge >= 0.3 is 6.18 Å². The Hall–Kier alpha value is -2.77. The molecule has 3 aromatic rings. The number of fused-ring (bicyclic) bond motifs is 3. The Morgan fingerprint density at radius 3 is 2.97 bits per heavy atom. The van der Waals surface area contributed by atoms with Crippen molar-refractivity contribution in [1.29, 1.82) is 0 Å². The van der Waals surface area contributed by atoms with Crippen molar-refractivity contribution in [3.05, 3.63) is 62.0 Å². The van der Waals surface area contributed by atoms with Gasteiger partial charge in [0, 0.05) is 22.6 Å². The molecule has 0 spiro atoms. The number of benzene rings is 1. The molecule has 0 aliphatic heterocycles. The topological polar surface area (TPSA) is 74.8 Å². The number of amides is 1. The van der Waals surface area contributed by atoms with Gasteiger partial charge in [-0.05, 0) is 43.0 Å². The van der Waals surface area contributed by atoms with E-state index in [1.165, 1.54) is 28.8 Å². The summed E-state index contributed by atoms with van der Waals surface area (Å²) >= 11 is 3.09. The van der Waals surface area contributed by atoms with Crippen LogP contribution in [-0.2, 0) is 29.6 Å². The molecule has 0 radical (unpaired) electrons. The minimum absolute atomic E-state index is 0.0499. The molecule has 0 atom stereocenters. The summed E-state index contributed by atoms with van der Waals surface area (Å²) in [5.41, 5.74) is 0.542. The lowest BCUT2D eigenvalue weighted by molar-refractivity contribution is -0.137. The predicted octanol–water partition coefficient (Wildman–Crippen LogP) is 4.28. The molecule has 172 valence electrons. The Balaban J connectivity index is 1.21. The van der Waals surface area contributed by atoms with Crippen LogP contribution in [0.2, 0.25) is 0 Å². The molecule has 0 saturated heterocycles. The van der Waals surface area contributed by atoms with Crippen LogP contribution in [0.15, 0.2) is 29.1 Å². The quantitative estimate of drug-likeness (QED) is 0.399. The van der Waals surface area contributed by atoms with E-state index < -0.39 is 11.7 Å². The number of aromatic nitrogens is 2. The summed E-state index contributed by atoms with van der Waals surface area (Å²) in [6.45, 7) is 0.0499. The van der Waals surface area contributed by atoms with Gasteiger partial charge in [-0.15, -0.1) is 11.3 Å². The van der Waals surface area contributed by atoms with Crippen LogP contribution >= 0.6 is 23.1 Å². The van der Waals surface area contributed by atoms with Crippen molar-refractivity contribution in [3.8, 4) is 11.8 Å². The van der Waals surface area contributed by atoms with Crippen LogP contribution in [0.3, 0.4) is 0 Å². The second-order valence-corrected chi connectivity index (χ2v) is 9.70. The maximum atomic E-state index is 12.7. The van der Waals surface area contributed by atoms with Gasteiger partial charge in [-0.3, -0.25) is 9.59 Å². The van der Waals surface area contributed by atoms with Gasteiger partial charge in [-0.1, -0.05) is 17.9 Å². The van der Waals surface area contributed by atoms with Crippen LogP contribution in [0.25, 0.3) is 10.2 Å². The molecule has 0 fully saturated rings. The maximum absolute atomic E-state index is 12.7. The first-order valence-electron chi connectivity index (χ1n) is 10.4. The van der Waals surface area contributed by atoms with Crippen molar-refractivity contribution in [1.82, 2.24) is 15.3 Å². The van der Waals surface area contributed by atoms with Gasteiger partial charge in [-0.2, -0.15) is 24.9 Å². The third kappa shape index (κ3) is 5.78. The minimum Gasteiger partial charge on any atom is -0.345 e. The number of aromatic amines is 1. The molecular weight excluding hydrogens is 471 g/mol. The summed E-state index contributed by atoms with van der Waals surface area (Å²) in [7, 11) is 0. The molecule has 10 heteroatoms. The molecule has 0 unspecified atom stereocenters. The van der Waals surface area contributed by atoms with E-state index in [1.807, 2.05) is 0 Å². The summed E-state index contributed by atoms with van der Waals surface area (Å²) in [5.74, 6) is 6.72. The molecule has 0 saturated carbocycles. The number of thiophene rings is 1. The Morgan fingerprint density at radius 1 is 1.30 bits per heavy atom. The van der Waals surface area contributed by atoms with E-state index in [-0.39, 0.29) is 30.0 Å². The Bertz CT molecular complexity index is 1300. The smallest absolute Gasteiger partial charge is 0.345 e. The molecule has 2 aromatic heterocycles. The number of alkyl halides is 3. The van der Waals surface area contributed by atoms with Crippen LogP contribution in [0.4, 0.5) is 13.2 Å². The zero-order valence-electron chi connectivity index (χ0n) is 17.5. The largest absolute Gasteiger partial charge is 0.416 e. The first kappa shape index (κ1) is 23.4. The van der Waals surface area contributed by atoms with Crippen LogP contribution in [0.1, 0.15) is 40.2 Å². The lowest BCUT2D eigenvalue weighted by Gasteiger charge is -2.05. The van der Waals surface area contributed by atoms with Gasteiger partial charge < -0.3 is 10.3 Å². The van der Waals surface area contributed by atoms with E-state index in [0.29, 0.717) is 17.3 Å². The molecule has 2 heterocycles. The molecule has 1 amide bonds. The van der Waals surface area contributed by atoms with E-state index in [1.54, 1.807) is 11.3 Å². The fraction of sp³-hybridized carbons (Fsp3) is 0.348. The van der Waals surface area contributed by atoms with Crippen LogP contribution in [-0.4, -0.2) is 28.2 Å². The maximum Gasteiger partial charge on any atom is 0.416 e. The van der Waals surface area contributed by atoms with Gasteiger partial charge in [-0.25, -0.2) is 4.98 Å². The highest BCUT2D eigenvalue weighted by molar-refractivity contribution is 7.98. The van der Waals surface area contributed by atoms with Crippen LogP contribution in [0.5, 0.6) is 0 Å². The number of hydrogen-bond acceptors (Lipinski definition) is 5. The Morgan fingerprint density at radius 2 is 2.15 bits per heavy atom. The predicted molar refractivity (Wildman–Crippen MR) is 124 cm³/mol. The summed E-state index contributed by atoms with van der Waals surface area (Å²) in [6.07, 6.45) is -1.11. The zero-order chi connectivity index (χ0) is 23.4. The number of hydrogen-bond donors (Lipinski definition) is 2. The highest BCUT2D eigenvalue weighted by atomic mass is 32.2. The molecule has 1 aliphatic carbocycles. The number of carbonyl (C=O) groups excluding carboxylic acids is 1. The summed E-state index contributed by atoms with van der Waals surface area (Å²) in [4.78, 5) is 33.9. The van der Waals surface area contributed by atoms with E-state index >= 15 is 0 Å². The normalized spacial score (nSPS) is 12.9. The van der Waals surface area contributed by atoms with E-state index in [2.05, 4.69) is 27.1 Å². The van der Waals surface area contributed by atoms with Crippen molar-refractivity contribution in [3.63, 3.8) is 0 Å². The third-order valence-electron chi connectivity index (χ3n) is 5.13. The molecule has 2 N–H and O–H groups in total. The van der Waals surface area contributed by atoms with Crippen LogP contribution < -0.4 is 10.9 Å². The Kier molecular flexibility index (Phi) is 7.10. The molecule has 33 heavy (non-hydrogen) atoms. The number of halogens is 3. The van der Waals surface area contributed by atoms with Gasteiger partial charge in [0.25, 0.3) is 5.56 Å². The number of nitrogens with one attached hydrogen (secondary N) is 2. The highest BCUT2D eigenvalue weighted by Crippen LogP contribution is 2.34. The fourth-order valence-electron chi connectivity index (χ4n) is 3.60. The molecule has 5 nitrogen and oxygen atoms in total. The van der Waals surface area contributed by atoms with Crippen molar-refractivity contribution < 1.29 is 18.0 Å². The van der Waals surface area contributed by atoms with Gasteiger partial charge in [0.15, 0.2) is 0 Å². The number of rotatable bonds is 6. The first-order valence-corrected chi connectivity index (χ1v) is 12.3. The van der Waals surface area contributed by atoms with Crippen molar-refractivity contribution >= 4 is 39.2 Å². The van der Waals surface area contributed by atoms with Crippen molar-refractivity contribution in [2.24, 2.45) is 0 Å². The summed E-state index contributed by atoms with van der Waals surface area (Å²) in [6, 6.07) is 4.75. The number of nitrogens with zero attached hydrogens (tertiary/aromatic N) is 1. The molecule has 0 bridgehead atoms. The lowest BCUT2D eigenvalue weighted by Crippen LogP contribution is -2.23. The van der Waals surface area contributed by atoms with Gasteiger partial charge in [0.2, 0.25) is 5.91 Å². The molecule has 4 rings (SSSR count). The van der Waals surface area contributed by atoms with Crippen molar-refractivity contribution in [2.45, 2.75) is 37.6 Å². The molecule has 1 aliphatic rings. The number of thioether (sulfide) groups is 1. The van der Waals surface area contributed by atoms with E-state index in [0.717, 1.165) is 47.2 Å². The lowest BCUT2D eigenvalue weighted by atomic mass is 10.1. The highest BCUT2D eigenvalue weighted by Gasteiger charge is 2.30. The minimum atomic E-state index is -4.41. The van der Waals surface area contributed by atoms with E-state index in [9.17, 15) is 22.8 Å². The second-order valence-electron chi connectivity index (χ2n) is 7.51. The summed E-state index contributed by atoms with van der Waals surface area (Å²) < 4.78 is 38.1. The molecular formula is C23H20F3N3O2S2. The SMILES string of the molecule is O=C(CCSCc1nc2sc3c(c2c(=O)[nH]1)CCC3)NCC#Cc1cccc(C(F)(F)F)c1. The molecule has 1 aromatic carbocycles. The average Bonchev–Trinajstić information content (AvgIpc) is 3.35. The number of carbonyl (C=O) groups is 1. The standard InChI is InChI=1S/C23H20F3N3O2S2/c24-23(25,26)15-6-1-4-14(12-15)5-3-10-27-19(30)9-11-32-13-18-28-21(31)20-16-7-2-8-17(16)33-22(20)29-18/h1,4,6,12H,2,7-11,13H2,(H,27,30)(H,28,29,31). The van der Waals surface area contributed by atoms with Gasteiger partial charge in [0.1, 0.15) is 10.7 Å². The van der Waals surface area contributed by atoms with Gasteiger partial charge in [0.05, 0.1) is 23.2 Å². The van der Waals surface area contributed by atoms with Crippen LogP contribution in [0, 0.1) is 11.8 Å². The third-order valence-corrected chi connectivity index (χ3v) is 7.29. The van der Waals surface area contributed by atoms with Crippen molar-refractivity contribution in [2.75, 3.05) is 12.3 Å². The fourth-order valence-corrected chi connectivity index (χ4v) is 5.68. The number of aryl methyl sites for hydroxylation is 2. The average molecular weight is 492 g/mol. The number of H-pyrrole nitrogens is 1. The second kappa shape index (κ2) is 10.0. The Labute approximate surface area is 196 Å².